The second kappa shape index (κ2) is 7.03. The van der Waals surface area contributed by atoms with Crippen molar-refractivity contribution in [3.63, 3.8) is 0 Å². The van der Waals surface area contributed by atoms with E-state index >= 15 is 0 Å². The van der Waals surface area contributed by atoms with E-state index in [4.69, 9.17) is 16.7 Å². The summed E-state index contributed by atoms with van der Waals surface area (Å²) >= 11 is 6.05. The molecular weight excluding hydrogens is 346 g/mol. The first-order valence-electron chi connectivity index (χ1n) is 8.02. The van der Waals surface area contributed by atoms with Crippen molar-refractivity contribution in [1.82, 2.24) is 14.4 Å². The van der Waals surface area contributed by atoms with E-state index in [1.807, 2.05) is 11.9 Å². The summed E-state index contributed by atoms with van der Waals surface area (Å²) in [6.45, 7) is 2.64. The lowest BCUT2D eigenvalue weighted by molar-refractivity contribution is -0.144. The van der Waals surface area contributed by atoms with Crippen LogP contribution in [0.2, 0.25) is 5.02 Å². The van der Waals surface area contributed by atoms with E-state index in [0.29, 0.717) is 29.2 Å². The van der Waals surface area contributed by atoms with Crippen LogP contribution in [0.3, 0.4) is 0 Å². The zero-order valence-electron chi connectivity index (χ0n) is 13.9. The maximum absolute atomic E-state index is 12.0. The van der Waals surface area contributed by atoms with Gasteiger partial charge in [-0.1, -0.05) is 17.7 Å². The van der Waals surface area contributed by atoms with Crippen molar-refractivity contribution in [2.24, 2.45) is 0 Å². The van der Waals surface area contributed by atoms with Gasteiger partial charge >= 0.3 is 11.9 Å². The number of benzene rings is 1. The van der Waals surface area contributed by atoms with Crippen molar-refractivity contribution in [2.45, 2.75) is 12.6 Å². The van der Waals surface area contributed by atoms with Crippen LogP contribution in [-0.2, 0) is 16.1 Å². The Morgan fingerprint density at radius 1 is 1.20 bits per heavy atom. The summed E-state index contributed by atoms with van der Waals surface area (Å²) in [4.78, 5) is 27.3. The number of carboxylic acids is 2. The average molecular weight is 366 g/mol. The minimum Gasteiger partial charge on any atom is -0.480 e. The summed E-state index contributed by atoms with van der Waals surface area (Å²) in [7, 11) is 2.01. The van der Waals surface area contributed by atoms with E-state index in [1.54, 1.807) is 29.0 Å². The summed E-state index contributed by atoms with van der Waals surface area (Å²) < 4.78 is 1.55. The molecule has 0 bridgehead atoms. The molecule has 2 heterocycles. The normalized spacial score (nSPS) is 17.7. The molecule has 1 aromatic carbocycles. The quantitative estimate of drug-likeness (QED) is 0.839. The predicted molar refractivity (Wildman–Crippen MR) is 94.0 cm³/mol. The van der Waals surface area contributed by atoms with Crippen LogP contribution in [-0.4, -0.2) is 69.7 Å². The molecule has 0 amide bonds. The largest absolute Gasteiger partial charge is 0.480 e. The predicted octanol–water partition coefficient (Wildman–Crippen LogP) is 1.75. The van der Waals surface area contributed by atoms with Gasteiger partial charge in [0.15, 0.2) is 0 Å². The van der Waals surface area contributed by atoms with E-state index < -0.39 is 18.0 Å². The second-order valence-corrected chi connectivity index (χ2v) is 6.78. The fourth-order valence-electron chi connectivity index (χ4n) is 3.35. The van der Waals surface area contributed by atoms with Gasteiger partial charge in [-0.2, -0.15) is 0 Å². The second-order valence-electron chi connectivity index (χ2n) is 6.35. The van der Waals surface area contributed by atoms with Gasteiger partial charge in [-0.3, -0.25) is 14.5 Å². The maximum Gasteiger partial charge on any atom is 0.325 e. The number of aliphatic carboxylic acids is 2. The fraction of sp³-hybridized carbons (Fsp3) is 0.412. The molecule has 3 rings (SSSR count). The number of hydrogen-bond donors (Lipinski definition) is 2. The lowest BCUT2D eigenvalue weighted by Gasteiger charge is -2.36. The smallest absolute Gasteiger partial charge is 0.325 e. The molecule has 0 spiro atoms. The molecule has 0 saturated carbocycles. The standard InChI is InChI=1S/C17H20ClN3O4/c1-19-4-6-20(7-5-19)16(17(24)25)13-9-21(10-15(22)23)14-8-11(18)2-3-12(13)14/h2-3,8-9,16H,4-7,10H2,1H3,(H,22,23)(H,24,25). The zero-order valence-corrected chi connectivity index (χ0v) is 14.6. The van der Waals surface area contributed by atoms with Gasteiger partial charge in [-0.25, -0.2) is 0 Å². The number of piperazine rings is 1. The molecule has 1 aliphatic rings. The van der Waals surface area contributed by atoms with Gasteiger partial charge < -0.3 is 19.7 Å². The summed E-state index contributed by atoms with van der Waals surface area (Å²) in [6.07, 6.45) is 1.63. The van der Waals surface area contributed by atoms with Crippen LogP contribution < -0.4 is 0 Å². The maximum atomic E-state index is 12.0. The molecule has 1 saturated heterocycles. The number of hydrogen-bond acceptors (Lipinski definition) is 4. The van der Waals surface area contributed by atoms with Gasteiger partial charge in [0.2, 0.25) is 0 Å². The highest BCUT2D eigenvalue weighted by Gasteiger charge is 2.32. The number of halogens is 1. The number of aromatic nitrogens is 1. The topological polar surface area (TPSA) is 86.0 Å². The van der Waals surface area contributed by atoms with Crippen molar-refractivity contribution in [3.8, 4) is 0 Å². The van der Waals surface area contributed by atoms with Gasteiger partial charge in [0.25, 0.3) is 0 Å². The molecule has 7 nitrogen and oxygen atoms in total. The Bertz CT molecular complexity index is 812. The number of rotatable bonds is 5. The van der Waals surface area contributed by atoms with E-state index in [1.165, 1.54) is 0 Å². The van der Waals surface area contributed by atoms with Crippen LogP contribution >= 0.6 is 11.6 Å². The number of carboxylic acid groups (broad SMARTS) is 2. The first-order valence-corrected chi connectivity index (χ1v) is 8.40. The van der Waals surface area contributed by atoms with Crippen molar-refractivity contribution >= 4 is 34.4 Å². The van der Waals surface area contributed by atoms with Crippen LogP contribution in [0.4, 0.5) is 0 Å². The highest BCUT2D eigenvalue weighted by molar-refractivity contribution is 6.31. The van der Waals surface area contributed by atoms with Gasteiger partial charge in [0, 0.05) is 48.3 Å². The van der Waals surface area contributed by atoms with Gasteiger partial charge in [0.1, 0.15) is 12.6 Å². The Balaban J connectivity index is 2.08. The van der Waals surface area contributed by atoms with Crippen molar-refractivity contribution < 1.29 is 19.8 Å². The van der Waals surface area contributed by atoms with Gasteiger partial charge in [-0.15, -0.1) is 0 Å². The Morgan fingerprint density at radius 2 is 1.88 bits per heavy atom. The van der Waals surface area contributed by atoms with E-state index in [-0.39, 0.29) is 6.54 Å². The molecule has 25 heavy (non-hydrogen) atoms. The van der Waals surface area contributed by atoms with Crippen LogP contribution in [0.25, 0.3) is 10.9 Å². The van der Waals surface area contributed by atoms with Crippen LogP contribution in [0.15, 0.2) is 24.4 Å². The third-order valence-corrected chi connectivity index (χ3v) is 4.85. The molecule has 1 atom stereocenters. The molecule has 2 aromatic rings. The molecule has 1 unspecified atom stereocenters. The molecule has 134 valence electrons. The Kier molecular flexibility index (Phi) is 4.99. The molecule has 0 radical (unpaired) electrons. The molecule has 1 fully saturated rings. The Morgan fingerprint density at radius 3 is 2.48 bits per heavy atom. The summed E-state index contributed by atoms with van der Waals surface area (Å²) in [5, 5.41) is 20.2. The van der Waals surface area contributed by atoms with E-state index in [0.717, 1.165) is 18.5 Å². The highest BCUT2D eigenvalue weighted by Crippen LogP contribution is 2.32. The first-order chi connectivity index (χ1) is 11.9. The van der Waals surface area contributed by atoms with E-state index in [9.17, 15) is 14.7 Å². The monoisotopic (exact) mass is 365 g/mol. The van der Waals surface area contributed by atoms with Crippen molar-refractivity contribution in [2.75, 3.05) is 33.2 Å². The third-order valence-electron chi connectivity index (χ3n) is 4.61. The molecule has 0 aliphatic carbocycles. The molecule has 1 aromatic heterocycles. The lowest BCUT2D eigenvalue weighted by atomic mass is 10.0. The van der Waals surface area contributed by atoms with Crippen molar-refractivity contribution in [3.05, 3.63) is 35.0 Å². The minimum absolute atomic E-state index is 0.244. The van der Waals surface area contributed by atoms with Crippen LogP contribution in [0, 0.1) is 0 Å². The minimum atomic E-state index is -0.991. The van der Waals surface area contributed by atoms with E-state index in [2.05, 4.69) is 4.90 Å². The summed E-state index contributed by atoms with van der Waals surface area (Å²) in [5.74, 6) is -1.93. The Labute approximate surface area is 150 Å². The summed E-state index contributed by atoms with van der Waals surface area (Å²) in [5.41, 5.74) is 1.23. The lowest BCUT2D eigenvalue weighted by Crippen LogP contribution is -2.47. The summed E-state index contributed by atoms with van der Waals surface area (Å²) in [6, 6.07) is 4.32. The van der Waals surface area contributed by atoms with Gasteiger partial charge in [-0.05, 0) is 19.2 Å². The zero-order chi connectivity index (χ0) is 18.1. The van der Waals surface area contributed by atoms with Crippen LogP contribution in [0.1, 0.15) is 11.6 Å². The number of carbonyl (C=O) groups is 2. The van der Waals surface area contributed by atoms with Gasteiger partial charge in [0.05, 0.1) is 5.52 Å². The fourth-order valence-corrected chi connectivity index (χ4v) is 3.52. The molecular formula is C17H20ClN3O4. The van der Waals surface area contributed by atoms with Crippen molar-refractivity contribution in [1.29, 1.82) is 0 Å². The average Bonchev–Trinajstić information content (AvgIpc) is 2.86. The Hall–Kier alpha value is -2.09. The number of fused-ring (bicyclic) bond motifs is 1. The molecule has 1 aliphatic heterocycles. The highest BCUT2D eigenvalue weighted by atomic mass is 35.5. The number of likely N-dealkylation sites (N-methyl/N-ethyl adjacent to an activating group) is 1. The molecule has 2 N–H and O–H groups in total. The SMILES string of the molecule is CN1CCN(C(C(=O)O)c2cn(CC(=O)O)c3cc(Cl)ccc23)CC1. The van der Waals surface area contributed by atoms with Crippen LogP contribution in [0.5, 0.6) is 0 Å². The number of nitrogens with zero attached hydrogens (tertiary/aromatic N) is 3. The molecule has 8 heteroatoms. The first kappa shape index (κ1) is 17.7. The third kappa shape index (κ3) is 3.63.